The van der Waals surface area contributed by atoms with Crippen molar-refractivity contribution < 1.29 is 0 Å². The molecule has 0 aliphatic carbocycles. The van der Waals surface area contributed by atoms with Crippen LogP contribution < -0.4 is 5.32 Å². The van der Waals surface area contributed by atoms with Gasteiger partial charge in [0, 0.05) is 23.9 Å². The average Bonchev–Trinajstić information content (AvgIpc) is 2.66. The SMILES string of the molecule is CCNCCN(C)Cc1nc(C(C)(C)C)cs1. The van der Waals surface area contributed by atoms with Crippen molar-refractivity contribution in [3.63, 3.8) is 0 Å². The van der Waals surface area contributed by atoms with E-state index in [0.717, 1.165) is 26.2 Å². The molecule has 0 spiro atoms. The standard InChI is InChI=1S/C13H25N3S/c1-6-14-7-8-16(5)9-12-15-11(10-17-12)13(2,3)4/h10,14H,6-9H2,1-5H3. The summed E-state index contributed by atoms with van der Waals surface area (Å²) in [7, 11) is 2.15. The summed E-state index contributed by atoms with van der Waals surface area (Å²) in [5.74, 6) is 0. The van der Waals surface area contributed by atoms with E-state index in [0.29, 0.717) is 0 Å². The first-order valence-corrected chi connectivity index (χ1v) is 7.15. The maximum atomic E-state index is 4.71. The third-order valence-electron chi connectivity index (χ3n) is 2.65. The Morgan fingerprint density at radius 2 is 2.12 bits per heavy atom. The Bertz CT molecular complexity index is 328. The van der Waals surface area contributed by atoms with Gasteiger partial charge in [0.15, 0.2) is 0 Å². The molecular formula is C13H25N3S. The number of aromatic nitrogens is 1. The lowest BCUT2D eigenvalue weighted by atomic mass is 9.93. The first kappa shape index (κ1) is 14.6. The molecule has 4 heteroatoms. The fourth-order valence-corrected chi connectivity index (χ4v) is 2.58. The number of nitrogens with zero attached hydrogens (tertiary/aromatic N) is 2. The normalized spacial score (nSPS) is 12.4. The molecule has 0 aliphatic heterocycles. The van der Waals surface area contributed by atoms with Gasteiger partial charge in [0.1, 0.15) is 5.01 Å². The number of thiazole rings is 1. The highest BCUT2D eigenvalue weighted by Gasteiger charge is 2.17. The Morgan fingerprint density at radius 3 is 2.65 bits per heavy atom. The molecule has 0 aliphatic rings. The first-order valence-electron chi connectivity index (χ1n) is 6.27. The molecule has 1 aromatic rings. The second kappa shape index (κ2) is 6.47. The minimum atomic E-state index is 0.164. The molecule has 98 valence electrons. The zero-order valence-corrected chi connectivity index (χ0v) is 12.5. The Kier molecular flexibility index (Phi) is 5.56. The zero-order chi connectivity index (χ0) is 12.9. The van der Waals surface area contributed by atoms with Gasteiger partial charge in [0.25, 0.3) is 0 Å². The lowest BCUT2D eigenvalue weighted by molar-refractivity contribution is 0.324. The Hall–Kier alpha value is -0.450. The third-order valence-corrected chi connectivity index (χ3v) is 3.48. The van der Waals surface area contributed by atoms with Crippen LogP contribution in [0.2, 0.25) is 0 Å². The fraction of sp³-hybridized carbons (Fsp3) is 0.769. The van der Waals surface area contributed by atoms with Crippen molar-refractivity contribution in [1.29, 1.82) is 0 Å². The third kappa shape index (κ3) is 5.15. The number of hydrogen-bond donors (Lipinski definition) is 1. The van der Waals surface area contributed by atoms with Gasteiger partial charge in [-0.15, -0.1) is 11.3 Å². The van der Waals surface area contributed by atoms with Crippen molar-refractivity contribution in [2.24, 2.45) is 0 Å². The summed E-state index contributed by atoms with van der Waals surface area (Å²) in [6, 6.07) is 0. The molecule has 17 heavy (non-hydrogen) atoms. The van der Waals surface area contributed by atoms with E-state index in [1.807, 2.05) is 0 Å². The highest BCUT2D eigenvalue weighted by atomic mass is 32.1. The van der Waals surface area contributed by atoms with Crippen LogP contribution in [0, 0.1) is 0 Å². The van der Waals surface area contributed by atoms with Crippen molar-refractivity contribution in [2.75, 3.05) is 26.7 Å². The second-order valence-corrected chi connectivity index (χ2v) is 6.41. The van der Waals surface area contributed by atoms with Crippen molar-refractivity contribution in [2.45, 2.75) is 39.7 Å². The van der Waals surface area contributed by atoms with Crippen LogP contribution in [-0.2, 0) is 12.0 Å². The molecule has 0 unspecified atom stereocenters. The lowest BCUT2D eigenvalue weighted by Crippen LogP contribution is -2.28. The maximum absolute atomic E-state index is 4.71. The van der Waals surface area contributed by atoms with Crippen LogP contribution in [0.4, 0.5) is 0 Å². The van der Waals surface area contributed by atoms with E-state index in [1.54, 1.807) is 11.3 Å². The quantitative estimate of drug-likeness (QED) is 0.792. The molecule has 1 rings (SSSR count). The van der Waals surface area contributed by atoms with Crippen molar-refractivity contribution in [3.05, 3.63) is 16.1 Å². The van der Waals surface area contributed by atoms with Crippen molar-refractivity contribution in [3.8, 4) is 0 Å². The number of rotatable bonds is 6. The van der Waals surface area contributed by atoms with Crippen LogP contribution in [0.15, 0.2) is 5.38 Å². The van der Waals surface area contributed by atoms with Gasteiger partial charge in [0.2, 0.25) is 0 Å². The predicted octanol–water partition coefficient (Wildman–Crippen LogP) is 2.48. The zero-order valence-electron chi connectivity index (χ0n) is 11.7. The monoisotopic (exact) mass is 255 g/mol. The summed E-state index contributed by atoms with van der Waals surface area (Å²) in [4.78, 5) is 7.02. The van der Waals surface area contributed by atoms with Crippen molar-refractivity contribution in [1.82, 2.24) is 15.2 Å². The van der Waals surface area contributed by atoms with Crippen LogP contribution in [0.5, 0.6) is 0 Å². The molecule has 3 nitrogen and oxygen atoms in total. The minimum absolute atomic E-state index is 0.164. The number of nitrogens with one attached hydrogen (secondary N) is 1. The Balaban J connectivity index is 2.43. The average molecular weight is 255 g/mol. The van der Waals surface area contributed by atoms with Gasteiger partial charge in [-0.1, -0.05) is 27.7 Å². The van der Waals surface area contributed by atoms with Crippen LogP contribution in [0.1, 0.15) is 38.4 Å². The molecule has 0 atom stereocenters. The molecular weight excluding hydrogens is 230 g/mol. The van der Waals surface area contributed by atoms with Gasteiger partial charge in [0.05, 0.1) is 12.2 Å². The van der Waals surface area contributed by atoms with E-state index in [4.69, 9.17) is 4.98 Å². The fourth-order valence-electron chi connectivity index (χ4n) is 1.48. The van der Waals surface area contributed by atoms with Gasteiger partial charge in [-0.05, 0) is 13.6 Å². The number of likely N-dealkylation sites (N-methyl/N-ethyl adjacent to an activating group) is 2. The van der Waals surface area contributed by atoms with E-state index in [2.05, 4.69) is 50.3 Å². The summed E-state index contributed by atoms with van der Waals surface area (Å²) >= 11 is 1.77. The number of hydrogen-bond acceptors (Lipinski definition) is 4. The van der Waals surface area contributed by atoms with E-state index >= 15 is 0 Å². The molecule has 0 fully saturated rings. The van der Waals surface area contributed by atoms with Gasteiger partial charge in [-0.25, -0.2) is 4.98 Å². The van der Waals surface area contributed by atoms with Crippen LogP contribution >= 0.6 is 11.3 Å². The molecule has 0 amide bonds. The highest BCUT2D eigenvalue weighted by Crippen LogP contribution is 2.24. The van der Waals surface area contributed by atoms with E-state index in [9.17, 15) is 0 Å². The Labute approximate surface area is 109 Å². The smallest absolute Gasteiger partial charge is 0.107 e. The summed E-state index contributed by atoms with van der Waals surface area (Å²) in [5, 5.41) is 6.74. The molecule has 0 radical (unpaired) electrons. The topological polar surface area (TPSA) is 28.2 Å². The summed E-state index contributed by atoms with van der Waals surface area (Å²) in [6.45, 7) is 12.9. The van der Waals surface area contributed by atoms with Crippen LogP contribution in [-0.4, -0.2) is 36.6 Å². The van der Waals surface area contributed by atoms with Gasteiger partial charge >= 0.3 is 0 Å². The highest BCUT2D eigenvalue weighted by molar-refractivity contribution is 7.09. The summed E-state index contributed by atoms with van der Waals surface area (Å²) in [5.41, 5.74) is 1.37. The molecule has 0 aromatic carbocycles. The molecule has 0 saturated heterocycles. The van der Waals surface area contributed by atoms with Crippen LogP contribution in [0.3, 0.4) is 0 Å². The molecule has 1 heterocycles. The van der Waals surface area contributed by atoms with Gasteiger partial charge in [-0.2, -0.15) is 0 Å². The predicted molar refractivity (Wildman–Crippen MR) is 75.7 cm³/mol. The van der Waals surface area contributed by atoms with E-state index in [1.165, 1.54) is 10.7 Å². The summed E-state index contributed by atoms with van der Waals surface area (Å²) < 4.78 is 0. The summed E-state index contributed by atoms with van der Waals surface area (Å²) in [6.07, 6.45) is 0. The molecule has 1 aromatic heterocycles. The van der Waals surface area contributed by atoms with Crippen LogP contribution in [0.25, 0.3) is 0 Å². The largest absolute Gasteiger partial charge is 0.316 e. The second-order valence-electron chi connectivity index (χ2n) is 5.47. The Morgan fingerprint density at radius 1 is 1.41 bits per heavy atom. The van der Waals surface area contributed by atoms with Gasteiger partial charge in [-0.3, -0.25) is 4.90 Å². The van der Waals surface area contributed by atoms with Gasteiger partial charge < -0.3 is 5.32 Å². The molecule has 1 N–H and O–H groups in total. The first-order chi connectivity index (χ1) is 7.93. The van der Waals surface area contributed by atoms with E-state index < -0.39 is 0 Å². The van der Waals surface area contributed by atoms with Crippen molar-refractivity contribution >= 4 is 11.3 Å². The minimum Gasteiger partial charge on any atom is -0.316 e. The molecule has 0 bridgehead atoms. The maximum Gasteiger partial charge on any atom is 0.107 e. The lowest BCUT2D eigenvalue weighted by Gasteiger charge is -2.16. The van der Waals surface area contributed by atoms with E-state index in [-0.39, 0.29) is 5.41 Å². The molecule has 0 saturated carbocycles.